The summed E-state index contributed by atoms with van der Waals surface area (Å²) in [6.07, 6.45) is 6.92. The molecular weight excluding hydrogens is 767 g/mol. The second kappa shape index (κ2) is 16.9. The van der Waals surface area contributed by atoms with Crippen LogP contribution in [0.5, 0.6) is 0 Å². The average Bonchev–Trinajstić information content (AvgIpc) is 4.13. The van der Waals surface area contributed by atoms with E-state index >= 15 is 0 Å². The molecule has 16 heteroatoms. The van der Waals surface area contributed by atoms with E-state index in [1.54, 1.807) is 52.0 Å². The van der Waals surface area contributed by atoms with Gasteiger partial charge in [-0.1, -0.05) is 48.5 Å². The number of carbonyl (C=O) groups excluding carboxylic acids is 4. The van der Waals surface area contributed by atoms with E-state index in [0.29, 0.717) is 47.8 Å². The average molecular weight is 812 g/mol. The molecule has 16 nitrogen and oxygen atoms in total. The summed E-state index contributed by atoms with van der Waals surface area (Å²) in [7, 11) is 2.52. The van der Waals surface area contributed by atoms with E-state index in [2.05, 4.69) is 35.3 Å². The van der Waals surface area contributed by atoms with Crippen LogP contribution in [0, 0.1) is 0 Å². The summed E-state index contributed by atoms with van der Waals surface area (Å²) in [5, 5.41) is 6.55. The van der Waals surface area contributed by atoms with Crippen LogP contribution in [0.15, 0.2) is 102 Å². The number of amides is 4. The van der Waals surface area contributed by atoms with Crippen LogP contribution in [-0.4, -0.2) is 91.7 Å². The maximum absolute atomic E-state index is 13.9. The molecule has 3 aromatic carbocycles. The summed E-state index contributed by atoms with van der Waals surface area (Å²) in [6, 6.07) is 22.0. The fourth-order valence-corrected chi connectivity index (χ4v) is 8.18. The van der Waals surface area contributed by atoms with Crippen molar-refractivity contribution in [3.05, 3.63) is 125 Å². The number of likely N-dealkylation sites (tertiary alicyclic amines) is 2. The molecule has 2 fully saturated rings. The number of aromatic nitrogens is 5. The SMILES string of the molecule is COC(=O)NC(C)C(=O)N1CCCC1c1ncc(-c2ccc(-n3ccc4cc(-c5cnc(C6CCCN6C(=O)C(NC(=O)OC)c6ccccc6)[nH]5)ccc4c3=O)cc2)[nH]1. The maximum atomic E-state index is 13.9. The van der Waals surface area contributed by atoms with Gasteiger partial charge < -0.3 is 39.9 Å². The van der Waals surface area contributed by atoms with Crippen molar-refractivity contribution in [2.45, 2.75) is 56.8 Å². The van der Waals surface area contributed by atoms with E-state index in [9.17, 15) is 24.0 Å². The number of rotatable bonds is 10. The molecular formula is C44H45N9O7. The smallest absolute Gasteiger partial charge is 0.407 e. The molecule has 4 N–H and O–H groups in total. The molecule has 8 rings (SSSR count). The number of pyridine rings is 1. The standard InChI is InChI=1S/C44H45N9O7/c1-26(47-43(57)59-2)40(54)52-20-7-11-35(52)38-45-24-33(48-38)27-13-16-31(17-14-27)51-22-19-29-23-30(15-18-32(29)41(51)55)34-25-46-39(49-34)36-12-8-21-53(36)42(56)37(50-44(58)60-3)28-9-5-4-6-10-28/h4-6,9-10,13-19,22-26,35-37H,7-8,11-12,20-21H2,1-3H3,(H,45,48)(H,46,49)(H,47,57)(H,50,58). The summed E-state index contributed by atoms with van der Waals surface area (Å²) in [5.41, 5.74) is 4.40. The minimum atomic E-state index is -0.914. The van der Waals surface area contributed by atoms with Crippen LogP contribution in [0.4, 0.5) is 9.59 Å². The fraction of sp³-hybridized carbons (Fsp3) is 0.295. The van der Waals surface area contributed by atoms with Crippen LogP contribution in [0.3, 0.4) is 0 Å². The Bertz CT molecular complexity index is 2600. The van der Waals surface area contributed by atoms with E-state index in [1.807, 2.05) is 66.7 Å². The van der Waals surface area contributed by atoms with Crippen molar-refractivity contribution in [1.82, 2.24) is 44.9 Å². The number of alkyl carbamates (subject to hydrolysis) is 2. The molecule has 0 bridgehead atoms. The lowest BCUT2D eigenvalue weighted by molar-refractivity contribution is -0.135. The summed E-state index contributed by atoms with van der Waals surface area (Å²) in [5.74, 6) is 0.854. The summed E-state index contributed by atoms with van der Waals surface area (Å²) in [4.78, 5) is 84.3. The first-order chi connectivity index (χ1) is 29.1. The van der Waals surface area contributed by atoms with Crippen molar-refractivity contribution >= 4 is 34.8 Å². The van der Waals surface area contributed by atoms with Gasteiger partial charge in [0, 0.05) is 35.9 Å². The highest BCUT2D eigenvalue weighted by Gasteiger charge is 2.37. The lowest BCUT2D eigenvalue weighted by Crippen LogP contribution is -2.46. The van der Waals surface area contributed by atoms with Gasteiger partial charge in [0.15, 0.2) is 0 Å². The zero-order valence-corrected chi connectivity index (χ0v) is 33.4. The third-order valence-corrected chi connectivity index (χ3v) is 11.3. The molecule has 0 spiro atoms. The zero-order valence-electron chi connectivity index (χ0n) is 33.4. The number of carbonyl (C=O) groups is 4. The van der Waals surface area contributed by atoms with Gasteiger partial charge in [-0.3, -0.25) is 19.0 Å². The molecule has 5 heterocycles. The van der Waals surface area contributed by atoms with Gasteiger partial charge in [-0.15, -0.1) is 0 Å². The highest BCUT2D eigenvalue weighted by molar-refractivity contribution is 5.88. The number of ether oxygens (including phenoxy) is 2. The monoisotopic (exact) mass is 811 g/mol. The first-order valence-corrected chi connectivity index (χ1v) is 19.8. The second-order valence-electron chi connectivity index (χ2n) is 14.9. The van der Waals surface area contributed by atoms with Gasteiger partial charge in [0.1, 0.15) is 23.7 Å². The molecule has 2 saturated heterocycles. The van der Waals surface area contributed by atoms with E-state index < -0.39 is 24.3 Å². The van der Waals surface area contributed by atoms with Crippen molar-refractivity contribution < 1.29 is 28.7 Å². The number of imidazole rings is 2. The molecule has 308 valence electrons. The van der Waals surface area contributed by atoms with E-state index in [1.165, 1.54) is 14.2 Å². The van der Waals surface area contributed by atoms with Crippen molar-refractivity contribution in [2.24, 2.45) is 0 Å². The van der Waals surface area contributed by atoms with Gasteiger partial charge >= 0.3 is 12.2 Å². The first kappa shape index (κ1) is 39.6. The molecule has 6 aromatic rings. The van der Waals surface area contributed by atoms with Crippen LogP contribution in [-0.2, 0) is 19.1 Å². The number of fused-ring (bicyclic) bond motifs is 1. The number of aromatic amines is 2. The molecule has 4 amide bonds. The number of nitrogens with zero attached hydrogens (tertiary/aromatic N) is 5. The molecule has 0 aliphatic carbocycles. The lowest BCUT2D eigenvalue weighted by atomic mass is 10.0. The Hall–Kier alpha value is -7.23. The fourth-order valence-electron chi connectivity index (χ4n) is 8.18. The molecule has 0 radical (unpaired) electrons. The molecule has 3 aromatic heterocycles. The Labute approximate surface area is 344 Å². The normalized spacial score (nSPS) is 17.3. The highest BCUT2D eigenvalue weighted by atomic mass is 16.5. The second-order valence-corrected chi connectivity index (χ2v) is 14.9. The lowest BCUT2D eigenvalue weighted by Gasteiger charge is -2.28. The quantitative estimate of drug-likeness (QED) is 0.129. The van der Waals surface area contributed by atoms with Gasteiger partial charge in [0.05, 0.1) is 50.1 Å². The predicted octanol–water partition coefficient (Wildman–Crippen LogP) is 5.94. The Morgan fingerprint density at radius 3 is 1.95 bits per heavy atom. The van der Waals surface area contributed by atoms with Crippen molar-refractivity contribution in [1.29, 1.82) is 0 Å². The van der Waals surface area contributed by atoms with E-state index in [0.717, 1.165) is 47.2 Å². The largest absolute Gasteiger partial charge is 0.453 e. The van der Waals surface area contributed by atoms with E-state index in [4.69, 9.17) is 4.74 Å². The number of H-pyrrole nitrogens is 2. The zero-order chi connectivity index (χ0) is 41.9. The molecule has 4 atom stereocenters. The number of methoxy groups -OCH3 is 2. The van der Waals surface area contributed by atoms with Crippen LogP contribution < -0.4 is 16.2 Å². The Morgan fingerprint density at radius 2 is 1.32 bits per heavy atom. The minimum absolute atomic E-state index is 0.170. The van der Waals surface area contributed by atoms with Crippen LogP contribution in [0.1, 0.15) is 67.9 Å². The number of nitrogens with one attached hydrogen (secondary N) is 4. The molecule has 0 saturated carbocycles. The molecule has 4 unspecified atom stereocenters. The summed E-state index contributed by atoms with van der Waals surface area (Å²) in [6.45, 7) is 2.71. The minimum Gasteiger partial charge on any atom is -0.453 e. The Balaban J connectivity index is 0.964. The molecule has 60 heavy (non-hydrogen) atoms. The third-order valence-electron chi connectivity index (χ3n) is 11.3. The van der Waals surface area contributed by atoms with Crippen LogP contribution in [0.25, 0.3) is 39.0 Å². The van der Waals surface area contributed by atoms with E-state index in [-0.39, 0.29) is 29.5 Å². The van der Waals surface area contributed by atoms with Crippen LogP contribution in [0.2, 0.25) is 0 Å². The summed E-state index contributed by atoms with van der Waals surface area (Å²) >= 11 is 0. The molecule has 2 aliphatic rings. The van der Waals surface area contributed by atoms with Gasteiger partial charge in [0.25, 0.3) is 11.5 Å². The topological polar surface area (TPSA) is 197 Å². The maximum Gasteiger partial charge on any atom is 0.407 e. The van der Waals surface area contributed by atoms with Crippen molar-refractivity contribution in [3.63, 3.8) is 0 Å². The molecule has 2 aliphatic heterocycles. The predicted molar refractivity (Wildman–Crippen MR) is 222 cm³/mol. The number of hydrogen-bond acceptors (Lipinski definition) is 9. The van der Waals surface area contributed by atoms with Gasteiger partial charge in [-0.2, -0.15) is 0 Å². The highest BCUT2D eigenvalue weighted by Crippen LogP contribution is 2.35. The van der Waals surface area contributed by atoms with Gasteiger partial charge in [-0.05, 0) is 79.5 Å². The third kappa shape index (κ3) is 7.83. The number of benzene rings is 3. The Morgan fingerprint density at radius 1 is 0.733 bits per heavy atom. The van der Waals surface area contributed by atoms with Gasteiger partial charge in [-0.25, -0.2) is 19.6 Å². The van der Waals surface area contributed by atoms with Crippen molar-refractivity contribution in [2.75, 3.05) is 27.3 Å². The Kier molecular flexibility index (Phi) is 11.2. The number of hydrogen-bond donors (Lipinski definition) is 4. The summed E-state index contributed by atoms with van der Waals surface area (Å²) < 4.78 is 11.1. The first-order valence-electron chi connectivity index (χ1n) is 19.8. The van der Waals surface area contributed by atoms with Crippen LogP contribution >= 0.6 is 0 Å². The van der Waals surface area contributed by atoms with Crippen molar-refractivity contribution in [3.8, 4) is 28.2 Å². The van der Waals surface area contributed by atoms with Gasteiger partial charge in [0.2, 0.25) is 5.91 Å².